The first-order valence-electron chi connectivity index (χ1n) is 4.04. The molecule has 0 saturated heterocycles. The average molecular weight is 170 g/mol. The molecule has 1 heterocycles. The monoisotopic (exact) mass is 170 g/mol. The fourth-order valence-electron chi connectivity index (χ4n) is 0.930. The smallest absolute Gasteiger partial charge is 0.225 e. The third-order valence-electron chi connectivity index (χ3n) is 1.74. The predicted octanol–water partition coefficient (Wildman–Crippen LogP) is 1.14. The standard InChI is InChI=1S/C8H14N2O2/c1-3-11-5-4-7-6(2)8(9)12-10-7/h3-5,9H2,1-2H3. The Morgan fingerprint density at radius 3 is 2.83 bits per heavy atom. The van der Waals surface area contributed by atoms with Gasteiger partial charge in [0.25, 0.3) is 0 Å². The minimum Gasteiger partial charge on any atom is -0.381 e. The lowest BCUT2D eigenvalue weighted by atomic mass is 10.2. The maximum absolute atomic E-state index is 5.47. The zero-order valence-corrected chi connectivity index (χ0v) is 7.46. The van der Waals surface area contributed by atoms with Gasteiger partial charge in [0.15, 0.2) is 0 Å². The first-order chi connectivity index (χ1) is 5.75. The summed E-state index contributed by atoms with van der Waals surface area (Å²) < 4.78 is 9.98. The third kappa shape index (κ3) is 1.98. The number of anilines is 1. The van der Waals surface area contributed by atoms with Crippen LogP contribution in [-0.4, -0.2) is 18.4 Å². The Morgan fingerprint density at radius 2 is 2.33 bits per heavy atom. The Morgan fingerprint density at radius 1 is 1.58 bits per heavy atom. The van der Waals surface area contributed by atoms with Gasteiger partial charge in [0.2, 0.25) is 5.88 Å². The molecule has 0 aromatic carbocycles. The molecule has 0 aliphatic carbocycles. The van der Waals surface area contributed by atoms with Crippen LogP contribution in [0.15, 0.2) is 4.52 Å². The summed E-state index contributed by atoms with van der Waals surface area (Å²) in [7, 11) is 0. The second-order valence-electron chi connectivity index (χ2n) is 2.57. The van der Waals surface area contributed by atoms with E-state index in [1.165, 1.54) is 0 Å². The number of rotatable bonds is 4. The SMILES string of the molecule is CCOCCc1noc(N)c1C. The van der Waals surface area contributed by atoms with Crippen LogP contribution < -0.4 is 5.73 Å². The quantitative estimate of drug-likeness (QED) is 0.688. The number of nitrogens with two attached hydrogens (primary N) is 1. The van der Waals surface area contributed by atoms with Crippen LogP contribution in [0.2, 0.25) is 0 Å². The van der Waals surface area contributed by atoms with E-state index in [1.54, 1.807) is 0 Å². The van der Waals surface area contributed by atoms with Crippen molar-refractivity contribution in [1.82, 2.24) is 5.16 Å². The summed E-state index contributed by atoms with van der Waals surface area (Å²) >= 11 is 0. The van der Waals surface area contributed by atoms with Gasteiger partial charge in [-0.15, -0.1) is 0 Å². The second-order valence-corrected chi connectivity index (χ2v) is 2.57. The predicted molar refractivity (Wildman–Crippen MR) is 45.8 cm³/mol. The van der Waals surface area contributed by atoms with Crippen LogP contribution in [0.3, 0.4) is 0 Å². The van der Waals surface area contributed by atoms with Gasteiger partial charge in [-0.2, -0.15) is 0 Å². The number of nitrogens with zero attached hydrogens (tertiary/aromatic N) is 1. The van der Waals surface area contributed by atoms with Gasteiger partial charge in [0.05, 0.1) is 12.3 Å². The van der Waals surface area contributed by atoms with E-state index in [9.17, 15) is 0 Å². The van der Waals surface area contributed by atoms with E-state index >= 15 is 0 Å². The normalized spacial score (nSPS) is 10.5. The molecule has 1 aromatic heterocycles. The number of hydrogen-bond acceptors (Lipinski definition) is 4. The molecular formula is C8H14N2O2. The van der Waals surface area contributed by atoms with Crippen LogP contribution in [0.4, 0.5) is 5.88 Å². The molecule has 0 saturated carbocycles. The molecule has 0 amide bonds. The Balaban J connectivity index is 2.46. The summed E-state index contributed by atoms with van der Waals surface area (Å²) in [5, 5.41) is 3.81. The van der Waals surface area contributed by atoms with E-state index in [0.29, 0.717) is 12.5 Å². The first-order valence-corrected chi connectivity index (χ1v) is 4.04. The van der Waals surface area contributed by atoms with Crippen molar-refractivity contribution in [3.05, 3.63) is 11.3 Å². The highest BCUT2D eigenvalue weighted by Gasteiger charge is 2.07. The lowest BCUT2D eigenvalue weighted by Gasteiger charge is -1.97. The Bertz CT molecular complexity index is 245. The topological polar surface area (TPSA) is 61.3 Å². The molecule has 68 valence electrons. The first kappa shape index (κ1) is 9.06. The number of nitrogen functional groups attached to an aromatic ring is 1. The third-order valence-corrected chi connectivity index (χ3v) is 1.74. The molecule has 12 heavy (non-hydrogen) atoms. The largest absolute Gasteiger partial charge is 0.381 e. The van der Waals surface area contributed by atoms with Crippen LogP contribution >= 0.6 is 0 Å². The molecule has 0 unspecified atom stereocenters. The van der Waals surface area contributed by atoms with Gasteiger partial charge in [0.1, 0.15) is 0 Å². The Labute approximate surface area is 71.7 Å². The molecule has 0 aliphatic heterocycles. The van der Waals surface area contributed by atoms with Crippen molar-refractivity contribution in [2.45, 2.75) is 20.3 Å². The van der Waals surface area contributed by atoms with E-state index in [1.807, 2.05) is 13.8 Å². The van der Waals surface area contributed by atoms with Crippen molar-refractivity contribution in [2.24, 2.45) is 0 Å². The van der Waals surface area contributed by atoms with Crippen molar-refractivity contribution in [3.63, 3.8) is 0 Å². The lowest BCUT2D eigenvalue weighted by Crippen LogP contribution is -1.99. The summed E-state index contributed by atoms with van der Waals surface area (Å²) in [5.74, 6) is 0.404. The van der Waals surface area contributed by atoms with Gasteiger partial charge in [-0.1, -0.05) is 5.16 Å². The molecule has 0 fully saturated rings. The van der Waals surface area contributed by atoms with Crippen LogP contribution in [0, 0.1) is 6.92 Å². The highest BCUT2D eigenvalue weighted by atomic mass is 16.5. The van der Waals surface area contributed by atoms with Crippen molar-refractivity contribution >= 4 is 5.88 Å². The summed E-state index contributed by atoms with van der Waals surface area (Å²) in [6.45, 7) is 5.26. The minimum absolute atomic E-state index is 0.404. The van der Waals surface area contributed by atoms with Gasteiger partial charge >= 0.3 is 0 Å². The molecule has 0 radical (unpaired) electrons. The molecule has 2 N–H and O–H groups in total. The van der Waals surface area contributed by atoms with Crippen LogP contribution in [0.1, 0.15) is 18.2 Å². The maximum atomic E-state index is 5.47. The van der Waals surface area contributed by atoms with Crippen LogP contribution in [0.5, 0.6) is 0 Å². The van der Waals surface area contributed by atoms with Gasteiger partial charge in [-0.3, -0.25) is 0 Å². The average Bonchev–Trinajstić information content (AvgIpc) is 2.36. The Hall–Kier alpha value is -1.03. The zero-order valence-electron chi connectivity index (χ0n) is 7.46. The Kier molecular flexibility index (Phi) is 3.10. The number of aromatic nitrogens is 1. The van der Waals surface area contributed by atoms with E-state index in [-0.39, 0.29) is 0 Å². The van der Waals surface area contributed by atoms with E-state index in [0.717, 1.165) is 24.3 Å². The molecule has 0 atom stereocenters. The fraction of sp³-hybridized carbons (Fsp3) is 0.625. The molecular weight excluding hydrogens is 156 g/mol. The number of hydrogen-bond donors (Lipinski definition) is 1. The van der Waals surface area contributed by atoms with E-state index in [2.05, 4.69) is 5.16 Å². The van der Waals surface area contributed by atoms with Crippen molar-refractivity contribution < 1.29 is 9.26 Å². The van der Waals surface area contributed by atoms with Crippen LogP contribution in [0.25, 0.3) is 0 Å². The minimum atomic E-state index is 0.404. The van der Waals surface area contributed by atoms with E-state index < -0.39 is 0 Å². The van der Waals surface area contributed by atoms with Gasteiger partial charge < -0.3 is 15.0 Å². The molecule has 0 spiro atoms. The fourth-order valence-corrected chi connectivity index (χ4v) is 0.930. The lowest BCUT2D eigenvalue weighted by molar-refractivity contribution is 0.149. The highest BCUT2D eigenvalue weighted by molar-refractivity contribution is 5.37. The molecule has 0 aliphatic rings. The van der Waals surface area contributed by atoms with Gasteiger partial charge in [0, 0.05) is 18.6 Å². The van der Waals surface area contributed by atoms with Gasteiger partial charge in [-0.05, 0) is 13.8 Å². The molecule has 0 bridgehead atoms. The number of ether oxygens (including phenoxy) is 1. The molecule has 4 nitrogen and oxygen atoms in total. The van der Waals surface area contributed by atoms with Crippen LogP contribution in [-0.2, 0) is 11.2 Å². The van der Waals surface area contributed by atoms with Crippen molar-refractivity contribution in [2.75, 3.05) is 18.9 Å². The zero-order chi connectivity index (χ0) is 8.97. The second kappa shape index (κ2) is 4.11. The summed E-state index contributed by atoms with van der Waals surface area (Å²) in [4.78, 5) is 0. The molecule has 4 heteroatoms. The van der Waals surface area contributed by atoms with Crippen molar-refractivity contribution in [3.8, 4) is 0 Å². The van der Waals surface area contributed by atoms with E-state index in [4.69, 9.17) is 15.0 Å². The highest BCUT2D eigenvalue weighted by Crippen LogP contribution is 2.14. The van der Waals surface area contributed by atoms with Gasteiger partial charge in [-0.25, -0.2) is 0 Å². The summed E-state index contributed by atoms with van der Waals surface area (Å²) in [6.07, 6.45) is 0.764. The molecule has 1 rings (SSSR count). The van der Waals surface area contributed by atoms with Crippen molar-refractivity contribution in [1.29, 1.82) is 0 Å². The molecule has 1 aromatic rings. The summed E-state index contributed by atoms with van der Waals surface area (Å²) in [5.41, 5.74) is 7.29. The summed E-state index contributed by atoms with van der Waals surface area (Å²) in [6, 6.07) is 0. The maximum Gasteiger partial charge on any atom is 0.225 e.